The van der Waals surface area contributed by atoms with Gasteiger partial charge in [0.25, 0.3) is 0 Å². The van der Waals surface area contributed by atoms with Crippen LogP contribution in [0.25, 0.3) is 16.8 Å². The lowest BCUT2D eigenvalue weighted by atomic mass is 10.3. The van der Waals surface area contributed by atoms with Gasteiger partial charge in [-0.1, -0.05) is 0 Å². The van der Waals surface area contributed by atoms with Gasteiger partial charge in [-0.15, -0.1) is 5.10 Å². The Balaban J connectivity index is 2.30. The summed E-state index contributed by atoms with van der Waals surface area (Å²) < 4.78 is 6.78. The molecule has 74 valence electrons. The number of hydrogen-bond donors (Lipinski definition) is 1. The normalized spacial score (nSPS) is 10.9. The molecule has 0 saturated heterocycles. The molecule has 0 atom stereocenters. The third-order valence-electron chi connectivity index (χ3n) is 2.09. The van der Waals surface area contributed by atoms with Gasteiger partial charge in [-0.3, -0.25) is 0 Å². The van der Waals surface area contributed by atoms with Crippen LogP contribution < -0.4 is 5.73 Å². The van der Waals surface area contributed by atoms with Crippen molar-refractivity contribution in [3.63, 3.8) is 0 Å². The Hall–Kier alpha value is -2.37. The van der Waals surface area contributed by atoms with E-state index < -0.39 is 0 Å². The fraction of sp³-hybridized carbons (Fsp3) is 0. The lowest BCUT2D eigenvalue weighted by Gasteiger charge is -1.98. The number of pyridine rings is 1. The van der Waals surface area contributed by atoms with E-state index in [0.29, 0.717) is 5.82 Å². The highest BCUT2D eigenvalue weighted by Crippen LogP contribution is 2.20. The monoisotopic (exact) mass is 201 g/mol. The van der Waals surface area contributed by atoms with Gasteiger partial charge in [0.15, 0.2) is 5.82 Å². The van der Waals surface area contributed by atoms with Crippen molar-refractivity contribution in [2.45, 2.75) is 0 Å². The van der Waals surface area contributed by atoms with Gasteiger partial charge >= 0.3 is 0 Å². The average molecular weight is 201 g/mol. The molecule has 0 spiro atoms. The highest BCUT2D eigenvalue weighted by Gasteiger charge is 2.07. The molecule has 0 aliphatic heterocycles. The maximum atomic E-state index is 5.44. The molecule has 0 saturated carbocycles. The highest BCUT2D eigenvalue weighted by atomic mass is 16.3. The van der Waals surface area contributed by atoms with Crippen LogP contribution in [0.15, 0.2) is 35.3 Å². The molecule has 3 rings (SSSR count). The molecule has 3 aromatic rings. The minimum absolute atomic E-state index is 0.220. The summed E-state index contributed by atoms with van der Waals surface area (Å²) in [4.78, 5) is 8.05. The molecule has 0 radical (unpaired) electrons. The fourth-order valence-electron chi connectivity index (χ4n) is 1.44. The van der Waals surface area contributed by atoms with Gasteiger partial charge in [0.1, 0.15) is 11.9 Å². The summed E-state index contributed by atoms with van der Waals surface area (Å²) in [6, 6.07) is 3.62. The molecule has 0 aliphatic carbocycles. The number of furan rings is 1. The van der Waals surface area contributed by atoms with E-state index in [1.54, 1.807) is 18.5 Å². The van der Waals surface area contributed by atoms with Crippen molar-refractivity contribution >= 4 is 16.9 Å². The molecule has 6 nitrogen and oxygen atoms in total. The largest absolute Gasteiger partial charge is 0.464 e. The van der Waals surface area contributed by atoms with Gasteiger partial charge in [-0.05, 0) is 12.1 Å². The number of nitrogen functional groups attached to an aromatic ring is 1. The molecule has 0 amide bonds. The first kappa shape index (κ1) is 7.98. The molecule has 2 N–H and O–H groups in total. The maximum absolute atomic E-state index is 5.44. The van der Waals surface area contributed by atoms with Crippen molar-refractivity contribution < 1.29 is 4.42 Å². The molecular formula is C9H7N5O. The summed E-state index contributed by atoms with van der Waals surface area (Å²) in [5.41, 5.74) is 6.20. The summed E-state index contributed by atoms with van der Waals surface area (Å²) in [6.07, 6.45) is 4.78. The van der Waals surface area contributed by atoms with Crippen molar-refractivity contribution in [2.24, 2.45) is 0 Å². The third-order valence-corrected chi connectivity index (χ3v) is 2.09. The highest BCUT2D eigenvalue weighted by molar-refractivity contribution is 5.83. The van der Waals surface area contributed by atoms with Crippen LogP contribution in [-0.4, -0.2) is 19.7 Å². The molecule has 3 aromatic heterocycles. The van der Waals surface area contributed by atoms with Gasteiger partial charge < -0.3 is 10.2 Å². The van der Waals surface area contributed by atoms with E-state index in [4.69, 9.17) is 10.2 Å². The molecule has 3 heterocycles. The molecule has 0 bridgehead atoms. The molecule has 0 aliphatic rings. The van der Waals surface area contributed by atoms with Crippen molar-refractivity contribution in [1.82, 2.24) is 19.7 Å². The van der Waals surface area contributed by atoms with Crippen LogP contribution >= 0.6 is 0 Å². The Kier molecular flexibility index (Phi) is 1.49. The number of anilines is 1. The zero-order valence-corrected chi connectivity index (χ0v) is 7.66. The first-order valence-corrected chi connectivity index (χ1v) is 4.34. The number of nitrogens with two attached hydrogens (primary N) is 1. The number of fused-ring (bicyclic) bond motifs is 1. The summed E-state index contributed by atoms with van der Waals surface area (Å²) in [5, 5.41) is 4.87. The molecule has 0 aromatic carbocycles. The standard InChI is InChI=1S/C9H7N5O/c10-9-12-5-14(13-9)8-6-2-4-15-7(6)1-3-11-8/h1-5H,(H2,10,13). The van der Waals surface area contributed by atoms with E-state index in [-0.39, 0.29) is 5.95 Å². The lowest BCUT2D eigenvalue weighted by molar-refractivity contribution is 0.615. The molecule has 6 heteroatoms. The van der Waals surface area contributed by atoms with Gasteiger partial charge in [0.05, 0.1) is 11.6 Å². The van der Waals surface area contributed by atoms with Crippen LogP contribution in [0.3, 0.4) is 0 Å². The van der Waals surface area contributed by atoms with E-state index in [1.807, 2.05) is 6.07 Å². The smallest absolute Gasteiger partial charge is 0.239 e. The van der Waals surface area contributed by atoms with Crippen molar-refractivity contribution in [1.29, 1.82) is 0 Å². The van der Waals surface area contributed by atoms with E-state index in [9.17, 15) is 0 Å². The first-order valence-electron chi connectivity index (χ1n) is 4.34. The molecular weight excluding hydrogens is 194 g/mol. The Bertz CT molecular complexity index is 612. The maximum Gasteiger partial charge on any atom is 0.239 e. The van der Waals surface area contributed by atoms with Crippen molar-refractivity contribution in [3.05, 3.63) is 30.9 Å². The Labute approximate surface area is 84.4 Å². The van der Waals surface area contributed by atoms with Gasteiger partial charge in [-0.2, -0.15) is 4.68 Å². The minimum Gasteiger partial charge on any atom is -0.464 e. The quantitative estimate of drug-likeness (QED) is 0.634. The van der Waals surface area contributed by atoms with Gasteiger partial charge in [0, 0.05) is 6.20 Å². The predicted octanol–water partition coefficient (Wildman–Crippen LogP) is 0.991. The molecule has 0 fully saturated rings. The topological polar surface area (TPSA) is 82.8 Å². The first-order chi connectivity index (χ1) is 7.34. The van der Waals surface area contributed by atoms with E-state index >= 15 is 0 Å². The van der Waals surface area contributed by atoms with Crippen LogP contribution in [0.2, 0.25) is 0 Å². The lowest BCUT2D eigenvalue weighted by Crippen LogP contribution is -1.99. The van der Waals surface area contributed by atoms with Crippen molar-refractivity contribution in [3.8, 4) is 5.82 Å². The minimum atomic E-state index is 0.220. The second-order valence-corrected chi connectivity index (χ2v) is 3.01. The predicted molar refractivity (Wildman–Crippen MR) is 53.3 cm³/mol. The average Bonchev–Trinajstić information content (AvgIpc) is 2.84. The number of hydrogen-bond acceptors (Lipinski definition) is 5. The summed E-state index contributed by atoms with van der Waals surface area (Å²) in [6.45, 7) is 0. The number of nitrogens with zero attached hydrogens (tertiary/aromatic N) is 4. The van der Waals surface area contributed by atoms with Gasteiger partial charge in [0.2, 0.25) is 5.95 Å². The Morgan fingerprint density at radius 2 is 2.20 bits per heavy atom. The number of rotatable bonds is 1. The summed E-state index contributed by atoms with van der Waals surface area (Å²) >= 11 is 0. The Morgan fingerprint density at radius 1 is 1.27 bits per heavy atom. The summed E-state index contributed by atoms with van der Waals surface area (Å²) in [7, 11) is 0. The van der Waals surface area contributed by atoms with E-state index in [1.165, 1.54) is 11.0 Å². The zero-order valence-electron chi connectivity index (χ0n) is 7.66. The zero-order chi connectivity index (χ0) is 10.3. The molecule has 0 unspecified atom stereocenters. The third kappa shape index (κ3) is 1.15. The van der Waals surface area contributed by atoms with Crippen LogP contribution in [0, 0.1) is 0 Å². The second-order valence-electron chi connectivity index (χ2n) is 3.01. The van der Waals surface area contributed by atoms with E-state index in [0.717, 1.165) is 11.0 Å². The summed E-state index contributed by atoms with van der Waals surface area (Å²) in [5.74, 6) is 0.878. The van der Waals surface area contributed by atoms with Crippen molar-refractivity contribution in [2.75, 3.05) is 5.73 Å². The molecule has 15 heavy (non-hydrogen) atoms. The van der Waals surface area contributed by atoms with Crippen LogP contribution in [0.1, 0.15) is 0 Å². The fourth-order valence-corrected chi connectivity index (χ4v) is 1.44. The second kappa shape index (κ2) is 2.81. The Morgan fingerprint density at radius 3 is 3.00 bits per heavy atom. The van der Waals surface area contributed by atoms with Crippen LogP contribution in [-0.2, 0) is 0 Å². The van der Waals surface area contributed by atoms with Gasteiger partial charge in [-0.25, -0.2) is 9.97 Å². The SMILES string of the molecule is Nc1ncn(-c2nccc3occc23)n1. The van der Waals surface area contributed by atoms with E-state index in [2.05, 4.69) is 15.1 Å². The van der Waals surface area contributed by atoms with Crippen LogP contribution in [0.5, 0.6) is 0 Å². The number of aromatic nitrogens is 4. The van der Waals surface area contributed by atoms with Crippen LogP contribution in [0.4, 0.5) is 5.95 Å².